The van der Waals surface area contributed by atoms with Crippen molar-refractivity contribution in [1.29, 1.82) is 0 Å². The molecule has 0 saturated heterocycles. The van der Waals surface area contributed by atoms with Crippen LogP contribution in [0.3, 0.4) is 0 Å². The Morgan fingerprint density at radius 1 is 1.17 bits per heavy atom. The molecule has 0 bridgehead atoms. The molecule has 1 aromatic carbocycles. The summed E-state index contributed by atoms with van der Waals surface area (Å²) in [6.45, 7) is 7.08. The van der Waals surface area contributed by atoms with Gasteiger partial charge < -0.3 is 10.0 Å². The molecular formula is C19H27ClN2O. The van der Waals surface area contributed by atoms with Gasteiger partial charge in [0.1, 0.15) is 0 Å². The smallest absolute Gasteiger partial charge is 0.0938 e. The number of aliphatic hydroxyl groups excluding tert-OH is 1. The monoisotopic (exact) mass is 334 g/mol. The van der Waals surface area contributed by atoms with E-state index in [0.29, 0.717) is 11.6 Å². The van der Waals surface area contributed by atoms with Crippen LogP contribution in [0.4, 0.5) is 0 Å². The van der Waals surface area contributed by atoms with Gasteiger partial charge in [-0.15, -0.1) is 0 Å². The Hall–Kier alpha value is -1.16. The zero-order valence-corrected chi connectivity index (χ0v) is 14.9. The molecule has 0 amide bonds. The highest BCUT2D eigenvalue weighted by atomic mass is 35.5. The number of benzene rings is 1. The maximum atomic E-state index is 10.8. The molecule has 126 valence electrons. The van der Waals surface area contributed by atoms with Crippen LogP contribution in [0, 0.1) is 0 Å². The lowest BCUT2D eigenvalue weighted by molar-refractivity contribution is 0.112. The minimum absolute atomic E-state index is 0.570. The zero-order valence-electron chi connectivity index (χ0n) is 14.1. The number of pyridine rings is 1. The SMILES string of the molecule is CCCCN(CCCC)CC(O)c1cc(Cl)cc2cccnc12. The van der Waals surface area contributed by atoms with E-state index in [-0.39, 0.29) is 0 Å². The predicted molar refractivity (Wildman–Crippen MR) is 98.0 cm³/mol. The Morgan fingerprint density at radius 2 is 1.87 bits per heavy atom. The average Bonchev–Trinajstić information content (AvgIpc) is 2.56. The van der Waals surface area contributed by atoms with E-state index in [1.54, 1.807) is 6.20 Å². The Balaban J connectivity index is 2.19. The fourth-order valence-electron chi connectivity index (χ4n) is 2.84. The number of hydrogen-bond donors (Lipinski definition) is 1. The number of halogens is 1. The highest BCUT2D eigenvalue weighted by Crippen LogP contribution is 2.27. The third-order valence-corrected chi connectivity index (χ3v) is 4.36. The topological polar surface area (TPSA) is 36.4 Å². The van der Waals surface area contributed by atoms with Crippen molar-refractivity contribution in [2.75, 3.05) is 19.6 Å². The first-order valence-corrected chi connectivity index (χ1v) is 8.98. The van der Waals surface area contributed by atoms with Crippen molar-refractivity contribution in [2.24, 2.45) is 0 Å². The van der Waals surface area contributed by atoms with Gasteiger partial charge in [-0.1, -0.05) is 44.4 Å². The molecule has 2 rings (SSSR count). The minimum atomic E-state index is -0.570. The van der Waals surface area contributed by atoms with Crippen molar-refractivity contribution in [3.63, 3.8) is 0 Å². The van der Waals surface area contributed by atoms with Gasteiger partial charge in [0, 0.05) is 28.7 Å². The van der Waals surface area contributed by atoms with Crippen molar-refractivity contribution >= 4 is 22.5 Å². The number of aromatic nitrogens is 1. The van der Waals surface area contributed by atoms with E-state index in [1.807, 2.05) is 24.3 Å². The van der Waals surface area contributed by atoms with Crippen molar-refractivity contribution in [2.45, 2.75) is 45.6 Å². The third-order valence-electron chi connectivity index (χ3n) is 4.15. The lowest BCUT2D eigenvalue weighted by atomic mass is 10.0. The number of hydrogen-bond acceptors (Lipinski definition) is 3. The summed E-state index contributed by atoms with van der Waals surface area (Å²) in [6, 6.07) is 7.62. The number of fused-ring (bicyclic) bond motifs is 1. The molecule has 0 aliphatic heterocycles. The second-order valence-corrected chi connectivity index (χ2v) is 6.53. The summed E-state index contributed by atoms with van der Waals surface area (Å²) in [4.78, 5) is 6.79. The molecular weight excluding hydrogens is 308 g/mol. The first-order valence-electron chi connectivity index (χ1n) is 8.60. The molecule has 1 N–H and O–H groups in total. The summed E-state index contributed by atoms with van der Waals surface area (Å²) in [6.07, 6.45) is 5.84. The molecule has 0 fully saturated rings. The molecule has 0 aliphatic carbocycles. The molecule has 1 unspecified atom stereocenters. The lowest BCUT2D eigenvalue weighted by Gasteiger charge is -2.25. The molecule has 1 atom stereocenters. The van der Waals surface area contributed by atoms with Crippen LogP contribution in [-0.2, 0) is 0 Å². The maximum Gasteiger partial charge on any atom is 0.0938 e. The van der Waals surface area contributed by atoms with Crippen LogP contribution in [-0.4, -0.2) is 34.6 Å². The first-order chi connectivity index (χ1) is 11.2. The zero-order chi connectivity index (χ0) is 16.7. The van der Waals surface area contributed by atoms with Crippen LogP contribution in [0.25, 0.3) is 10.9 Å². The van der Waals surface area contributed by atoms with Crippen LogP contribution in [0.15, 0.2) is 30.5 Å². The number of unbranched alkanes of at least 4 members (excludes halogenated alkanes) is 2. The van der Waals surface area contributed by atoms with Crippen LogP contribution < -0.4 is 0 Å². The predicted octanol–water partition coefficient (Wildman–Crippen LogP) is 4.82. The van der Waals surface area contributed by atoms with Crippen LogP contribution in [0.5, 0.6) is 0 Å². The van der Waals surface area contributed by atoms with Gasteiger partial charge in [0.15, 0.2) is 0 Å². The molecule has 3 nitrogen and oxygen atoms in total. The maximum absolute atomic E-state index is 10.8. The van der Waals surface area contributed by atoms with Crippen molar-refractivity contribution in [1.82, 2.24) is 9.88 Å². The normalized spacial score (nSPS) is 12.9. The largest absolute Gasteiger partial charge is 0.387 e. The summed E-state index contributed by atoms with van der Waals surface area (Å²) < 4.78 is 0. The summed E-state index contributed by atoms with van der Waals surface area (Å²) in [5.41, 5.74) is 1.67. The second kappa shape index (κ2) is 9.21. The van der Waals surface area contributed by atoms with Crippen LogP contribution >= 0.6 is 11.6 Å². The van der Waals surface area contributed by atoms with E-state index in [0.717, 1.165) is 42.4 Å². The second-order valence-electron chi connectivity index (χ2n) is 6.09. The van der Waals surface area contributed by atoms with E-state index in [1.165, 1.54) is 12.8 Å². The standard InChI is InChI=1S/C19H27ClN2O/c1-3-5-10-22(11-6-4-2)14-18(23)17-13-16(20)12-15-8-7-9-21-19(15)17/h7-9,12-13,18,23H,3-6,10-11,14H2,1-2H3. The fraction of sp³-hybridized carbons (Fsp3) is 0.526. The van der Waals surface area contributed by atoms with Crippen LogP contribution in [0.1, 0.15) is 51.2 Å². The van der Waals surface area contributed by atoms with Crippen LogP contribution in [0.2, 0.25) is 5.02 Å². The molecule has 0 spiro atoms. The number of rotatable bonds is 9. The van der Waals surface area contributed by atoms with E-state index < -0.39 is 6.10 Å². The summed E-state index contributed by atoms with van der Waals surface area (Å²) in [7, 11) is 0. The van der Waals surface area contributed by atoms with Gasteiger partial charge in [0.25, 0.3) is 0 Å². The molecule has 0 aliphatic rings. The minimum Gasteiger partial charge on any atom is -0.387 e. The van der Waals surface area contributed by atoms with Gasteiger partial charge in [-0.3, -0.25) is 4.98 Å². The highest BCUT2D eigenvalue weighted by molar-refractivity contribution is 6.31. The lowest BCUT2D eigenvalue weighted by Crippen LogP contribution is -2.31. The molecule has 23 heavy (non-hydrogen) atoms. The molecule has 0 saturated carbocycles. The number of nitrogens with zero attached hydrogens (tertiary/aromatic N) is 2. The third kappa shape index (κ3) is 5.17. The van der Waals surface area contributed by atoms with Crippen molar-refractivity contribution in [3.8, 4) is 0 Å². The Kier molecular flexibility index (Phi) is 7.28. The van der Waals surface area contributed by atoms with E-state index in [4.69, 9.17) is 11.6 Å². The van der Waals surface area contributed by atoms with Gasteiger partial charge in [0.2, 0.25) is 0 Å². The summed E-state index contributed by atoms with van der Waals surface area (Å²) in [5, 5.41) is 12.4. The van der Waals surface area contributed by atoms with Gasteiger partial charge in [0.05, 0.1) is 11.6 Å². The molecule has 1 heterocycles. The van der Waals surface area contributed by atoms with Gasteiger partial charge in [-0.2, -0.15) is 0 Å². The van der Waals surface area contributed by atoms with E-state index in [2.05, 4.69) is 23.7 Å². The number of aliphatic hydroxyl groups is 1. The van der Waals surface area contributed by atoms with Gasteiger partial charge in [-0.25, -0.2) is 0 Å². The van der Waals surface area contributed by atoms with Gasteiger partial charge in [-0.05, 0) is 44.1 Å². The molecule has 0 radical (unpaired) electrons. The average molecular weight is 335 g/mol. The molecule has 1 aromatic heterocycles. The summed E-state index contributed by atoms with van der Waals surface area (Å²) in [5.74, 6) is 0. The molecule has 4 heteroatoms. The van der Waals surface area contributed by atoms with E-state index in [9.17, 15) is 5.11 Å². The Labute approximate surface area is 144 Å². The van der Waals surface area contributed by atoms with E-state index >= 15 is 0 Å². The highest BCUT2D eigenvalue weighted by Gasteiger charge is 2.17. The fourth-order valence-corrected chi connectivity index (χ4v) is 3.07. The van der Waals surface area contributed by atoms with Crippen molar-refractivity contribution in [3.05, 3.63) is 41.0 Å². The Morgan fingerprint density at radius 3 is 2.52 bits per heavy atom. The molecule has 2 aromatic rings. The Bertz CT molecular complexity index is 609. The van der Waals surface area contributed by atoms with Gasteiger partial charge >= 0.3 is 0 Å². The van der Waals surface area contributed by atoms with Crippen molar-refractivity contribution < 1.29 is 5.11 Å². The summed E-state index contributed by atoms with van der Waals surface area (Å²) >= 11 is 6.22. The first kappa shape index (κ1) is 18.2. The quantitative estimate of drug-likeness (QED) is 0.714.